The molecule has 0 aromatic heterocycles. The van der Waals surface area contributed by atoms with Crippen LogP contribution in [0.3, 0.4) is 0 Å². The molecule has 2 aliphatic rings. The van der Waals surface area contributed by atoms with Crippen LogP contribution in [-0.4, -0.2) is 44.2 Å². The van der Waals surface area contributed by atoms with E-state index in [0.717, 1.165) is 49.2 Å². The number of methoxy groups -OCH3 is 1. The van der Waals surface area contributed by atoms with Crippen LogP contribution in [0.25, 0.3) is 0 Å². The fourth-order valence-electron chi connectivity index (χ4n) is 4.53. The second kappa shape index (κ2) is 9.16. The molecule has 2 aliphatic heterocycles. The van der Waals surface area contributed by atoms with Crippen LogP contribution in [0, 0.1) is 0 Å². The lowest BCUT2D eigenvalue weighted by atomic mass is 9.78. The van der Waals surface area contributed by atoms with Crippen molar-refractivity contribution in [2.45, 2.75) is 31.3 Å². The van der Waals surface area contributed by atoms with Gasteiger partial charge in [-0.25, -0.2) is 0 Å². The number of nitrogens with two attached hydrogens (primary N) is 1. The number of rotatable bonds is 4. The number of ether oxygens (including phenoxy) is 2. The number of amides is 1. The first kappa shape index (κ1) is 21.6. The third-order valence-corrected chi connectivity index (χ3v) is 6.03. The maximum Gasteiger partial charge on any atom is 0.253 e. The van der Waals surface area contributed by atoms with Crippen molar-refractivity contribution in [3.8, 4) is 5.75 Å². The average molecular weight is 417 g/mol. The van der Waals surface area contributed by atoms with Gasteiger partial charge < -0.3 is 20.1 Å². The highest BCUT2D eigenvalue weighted by molar-refractivity contribution is 5.94. The Bertz CT molecular complexity index is 831. The first-order valence-electron chi connectivity index (χ1n) is 10.1. The zero-order valence-electron chi connectivity index (χ0n) is 16.9. The van der Waals surface area contributed by atoms with E-state index in [4.69, 9.17) is 15.2 Å². The van der Waals surface area contributed by atoms with E-state index < -0.39 is 0 Å². The van der Waals surface area contributed by atoms with Gasteiger partial charge in [-0.15, -0.1) is 12.4 Å². The lowest BCUT2D eigenvalue weighted by molar-refractivity contribution is -0.0946. The van der Waals surface area contributed by atoms with Crippen molar-refractivity contribution in [1.82, 2.24) is 4.90 Å². The number of benzene rings is 2. The van der Waals surface area contributed by atoms with Crippen LogP contribution >= 0.6 is 12.4 Å². The van der Waals surface area contributed by atoms with Crippen molar-refractivity contribution >= 4 is 18.3 Å². The molecule has 0 bridgehead atoms. The van der Waals surface area contributed by atoms with E-state index in [9.17, 15) is 4.79 Å². The molecule has 0 aliphatic carbocycles. The summed E-state index contributed by atoms with van der Waals surface area (Å²) in [6, 6.07) is 14.0. The summed E-state index contributed by atoms with van der Waals surface area (Å²) in [6.45, 7) is 2.70. The smallest absolute Gasteiger partial charge is 0.253 e. The largest absolute Gasteiger partial charge is 0.496 e. The fourth-order valence-corrected chi connectivity index (χ4v) is 4.53. The molecule has 0 radical (unpaired) electrons. The summed E-state index contributed by atoms with van der Waals surface area (Å²) in [6.07, 6.45) is 3.32. The molecular weight excluding hydrogens is 388 g/mol. The Kier molecular flexibility index (Phi) is 6.83. The van der Waals surface area contributed by atoms with Gasteiger partial charge in [-0.2, -0.15) is 0 Å². The van der Waals surface area contributed by atoms with E-state index in [1.165, 1.54) is 11.1 Å². The summed E-state index contributed by atoms with van der Waals surface area (Å²) >= 11 is 0. The molecule has 6 heteroatoms. The van der Waals surface area contributed by atoms with E-state index in [0.29, 0.717) is 19.6 Å². The predicted molar refractivity (Wildman–Crippen MR) is 116 cm³/mol. The van der Waals surface area contributed by atoms with Gasteiger partial charge in [0.05, 0.1) is 13.7 Å². The van der Waals surface area contributed by atoms with Gasteiger partial charge in [-0.3, -0.25) is 4.79 Å². The average Bonchev–Trinajstić information content (AvgIpc) is 2.74. The van der Waals surface area contributed by atoms with Gasteiger partial charge >= 0.3 is 0 Å². The summed E-state index contributed by atoms with van der Waals surface area (Å²) in [5, 5.41) is 0. The highest BCUT2D eigenvalue weighted by Crippen LogP contribution is 2.45. The Labute approximate surface area is 178 Å². The second-order valence-corrected chi connectivity index (χ2v) is 7.61. The maximum atomic E-state index is 12.9. The minimum absolute atomic E-state index is 0. The SMILES string of the molecule is COc1cccc2c1C1(CCN(C(=O)c3ccc(CCN)cc3)CC1)OCC2.Cl. The Balaban J connectivity index is 0.00000240. The van der Waals surface area contributed by atoms with Gasteiger partial charge in [0.2, 0.25) is 0 Å². The Morgan fingerprint density at radius 3 is 2.55 bits per heavy atom. The molecule has 4 rings (SSSR count). The van der Waals surface area contributed by atoms with Gasteiger partial charge in [0.1, 0.15) is 11.4 Å². The normalized spacial score (nSPS) is 17.4. The van der Waals surface area contributed by atoms with E-state index in [-0.39, 0.29) is 23.9 Å². The Morgan fingerprint density at radius 2 is 1.90 bits per heavy atom. The summed E-state index contributed by atoms with van der Waals surface area (Å²) in [4.78, 5) is 14.9. The highest BCUT2D eigenvalue weighted by Gasteiger charge is 2.43. The highest BCUT2D eigenvalue weighted by atomic mass is 35.5. The predicted octanol–water partition coefficient (Wildman–Crippen LogP) is 3.32. The molecule has 0 unspecified atom stereocenters. The van der Waals surface area contributed by atoms with Crippen molar-refractivity contribution in [1.29, 1.82) is 0 Å². The van der Waals surface area contributed by atoms with Crippen LogP contribution in [-0.2, 0) is 23.2 Å². The number of likely N-dealkylation sites (tertiary alicyclic amines) is 1. The molecule has 1 fully saturated rings. The lowest BCUT2D eigenvalue weighted by Crippen LogP contribution is -2.48. The third-order valence-electron chi connectivity index (χ3n) is 6.03. The number of nitrogens with zero attached hydrogens (tertiary/aromatic N) is 1. The fraction of sp³-hybridized carbons (Fsp3) is 0.435. The van der Waals surface area contributed by atoms with Crippen LogP contribution in [0.2, 0.25) is 0 Å². The number of carbonyl (C=O) groups is 1. The summed E-state index contributed by atoms with van der Waals surface area (Å²) in [7, 11) is 1.71. The zero-order chi connectivity index (χ0) is 19.6. The molecule has 5 nitrogen and oxygen atoms in total. The van der Waals surface area contributed by atoms with Crippen molar-refractivity contribution in [2.24, 2.45) is 5.73 Å². The molecule has 1 amide bonds. The monoisotopic (exact) mass is 416 g/mol. The topological polar surface area (TPSA) is 64.8 Å². The maximum absolute atomic E-state index is 12.9. The standard InChI is InChI=1S/C23H28N2O3.ClH/c1-27-20-4-2-3-18-10-16-28-23(21(18)20)11-14-25(15-12-23)22(26)19-7-5-17(6-8-19)9-13-24;/h2-8H,9-16,24H2,1H3;1H. The van der Waals surface area contributed by atoms with Crippen molar-refractivity contribution in [3.05, 3.63) is 64.7 Å². The van der Waals surface area contributed by atoms with E-state index >= 15 is 0 Å². The number of hydrogen-bond acceptors (Lipinski definition) is 4. The van der Waals surface area contributed by atoms with Gasteiger partial charge in [0.15, 0.2) is 0 Å². The first-order valence-corrected chi connectivity index (χ1v) is 10.1. The number of fused-ring (bicyclic) bond motifs is 2. The molecule has 1 saturated heterocycles. The Hall–Kier alpha value is -2.08. The number of hydrogen-bond donors (Lipinski definition) is 1. The molecule has 29 heavy (non-hydrogen) atoms. The van der Waals surface area contributed by atoms with Crippen LogP contribution in [0.4, 0.5) is 0 Å². The van der Waals surface area contributed by atoms with Crippen LogP contribution in [0.15, 0.2) is 42.5 Å². The van der Waals surface area contributed by atoms with Gasteiger partial charge in [0, 0.05) is 24.2 Å². The van der Waals surface area contributed by atoms with Gasteiger partial charge in [-0.1, -0.05) is 24.3 Å². The van der Waals surface area contributed by atoms with E-state index in [1.54, 1.807) is 7.11 Å². The van der Waals surface area contributed by atoms with Crippen molar-refractivity contribution in [2.75, 3.05) is 33.4 Å². The van der Waals surface area contributed by atoms with Crippen molar-refractivity contribution in [3.63, 3.8) is 0 Å². The molecule has 2 N–H and O–H groups in total. The van der Waals surface area contributed by atoms with Crippen molar-refractivity contribution < 1.29 is 14.3 Å². The molecule has 156 valence electrons. The molecular formula is C23H29ClN2O3. The van der Waals surface area contributed by atoms with Crippen LogP contribution in [0.5, 0.6) is 5.75 Å². The van der Waals surface area contributed by atoms with Gasteiger partial charge in [0.25, 0.3) is 5.91 Å². The molecule has 2 aromatic rings. The second-order valence-electron chi connectivity index (χ2n) is 7.61. The third kappa shape index (κ3) is 4.13. The number of halogens is 1. The van der Waals surface area contributed by atoms with Crippen LogP contribution in [0.1, 0.15) is 39.9 Å². The van der Waals surface area contributed by atoms with Gasteiger partial charge in [-0.05, 0) is 61.6 Å². The number of carbonyl (C=O) groups excluding carboxylic acids is 1. The summed E-state index contributed by atoms with van der Waals surface area (Å²) < 4.78 is 12.0. The Morgan fingerprint density at radius 1 is 1.17 bits per heavy atom. The molecule has 0 atom stereocenters. The quantitative estimate of drug-likeness (QED) is 0.830. The minimum atomic E-state index is -0.345. The summed E-state index contributed by atoms with van der Waals surface area (Å²) in [5.74, 6) is 0.984. The van der Waals surface area contributed by atoms with E-state index in [1.807, 2.05) is 41.3 Å². The molecule has 1 spiro atoms. The molecule has 2 aromatic carbocycles. The van der Waals surface area contributed by atoms with E-state index in [2.05, 4.69) is 6.07 Å². The zero-order valence-corrected chi connectivity index (χ0v) is 17.7. The lowest BCUT2D eigenvalue weighted by Gasteiger charge is -2.45. The first-order chi connectivity index (χ1) is 13.7. The van der Waals surface area contributed by atoms with Crippen LogP contribution < -0.4 is 10.5 Å². The minimum Gasteiger partial charge on any atom is -0.496 e. The molecule has 2 heterocycles. The summed E-state index contributed by atoms with van der Waals surface area (Å²) in [5.41, 5.74) is 9.64. The molecule has 0 saturated carbocycles. The number of piperidine rings is 1.